The smallest absolute Gasteiger partial charge is 0.0994 e. The van der Waals surface area contributed by atoms with Crippen LogP contribution < -0.4 is 0 Å². The average molecular weight is 238 g/mol. The van der Waals surface area contributed by atoms with Crippen LogP contribution in [0.1, 0.15) is 0 Å². The minimum atomic E-state index is 0.392. The number of nitrogens with zero attached hydrogens (tertiary/aromatic N) is 2. The quantitative estimate of drug-likeness (QED) is 0.729. The highest BCUT2D eigenvalue weighted by Crippen LogP contribution is 2.52. The number of aliphatic hydroxyl groups excluding tert-OH is 1. The fourth-order valence-corrected chi connectivity index (χ4v) is 4.23. The molecule has 1 N–H and O–H groups in total. The van der Waals surface area contributed by atoms with Crippen molar-refractivity contribution in [3.63, 3.8) is 0 Å². The summed E-state index contributed by atoms with van der Waals surface area (Å²) in [5.74, 6) is 3.80. The summed E-state index contributed by atoms with van der Waals surface area (Å²) in [6, 6.07) is 0. The van der Waals surface area contributed by atoms with Gasteiger partial charge < -0.3 is 14.7 Å². The van der Waals surface area contributed by atoms with Gasteiger partial charge in [-0.1, -0.05) is 0 Å². The van der Waals surface area contributed by atoms with E-state index in [1.807, 2.05) is 0 Å². The molecule has 17 heavy (non-hydrogen) atoms. The van der Waals surface area contributed by atoms with E-state index in [2.05, 4.69) is 16.8 Å². The van der Waals surface area contributed by atoms with Crippen molar-refractivity contribution in [3.05, 3.63) is 0 Å². The van der Waals surface area contributed by atoms with E-state index in [1.54, 1.807) is 0 Å². The number of hydrogen-bond donors (Lipinski definition) is 1. The molecule has 2 aliphatic carbocycles. The maximum absolute atomic E-state index is 9.11. The van der Waals surface area contributed by atoms with Crippen LogP contribution in [0.4, 0.5) is 0 Å². The Hall–Kier alpha value is -0.160. The van der Waals surface area contributed by atoms with Crippen molar-refractivity contribution in [1.29, 1.82) is 0 Å². The van der Waals surface area contributed by atoms with Crippen LogP contribution in [0.5, 0.6) is 0 Å². The Morgan fingerprint density at radius 3 is 2.29 bits per heavy atom. The first-order valence-corrected chi connectivity index (χ1v) is 6.91. The minimum Gasteiger partial charge on any atom is -0.396 e. The minimum absolute atomic E-state index is 0.392. The van der Waals surface area contributed by atoms with Gasteiger partial charge in [0.2, 0.25) is 0 Å². The van der Waals surface area contributed by atoms with E-state index < -0.39 is 0 Å². The summed E-state index contributed by atoms with van der Waals surface area (Å²) in [5, 5.41) is 9.11. The summed E-state index contributed by atoms with van der Waals surface area (Å²) in [6.07, 6.45) is 0.553. The van der Waals surface area contributed by atoms with E-state index in [-0.39, 0.29) is 0 Å². The number of piperidine rings is 2. The molecule has 4 fully saturated rings. The van der Waals surface area contributed by atoms with E-state index in [1.165, 1.54) is 13.1 Å². The van der Waals surface area contributed by atoms with Crippen molar-refractivity contribution in [3.8, 4) is 0 Å². The zero-order valence-electron chi connectivity index (χ0n) is 10.5. The molecule has 4 rings (SSSR count). The molecule has 0 aromatic heterocycles. The van der Waals surface area contributed by atoms with Crippen LogP contribution in [0.15, 0.2) is 0 Å². The summed E-state index contributed by atoms with van der Waals surface area (Å²) in [7, 11) is 2.20. The molecular weight excluding hydrogens is 216 g/mol. The van der Waals surface area contributed by atoms with Crippen molar-refractivity contribution in [2.45, 2.75) is 6.10 Å². The zero-order valence-corrected chi connectivity index (χ0v) is 10.5. The van der Waals surface area contributed by atoms with Gasteiger partial charge >= 0.3 is 0 Å². The fourth-order valence-electron chi connectivity index (χ4n) is 4.23. The van der Waals surface area contributed by atoms with Gasteiger partial charge in [0.25, 0.3) is 0 Å². The van der Waals surface area contributed by atoms with Crippen LogP contribution in [-0.2, 0) is 4.74 Å². The third kappa shape index (κ3) is 1.65. The molecule has 4 nitrogen and oxygen atoms in total. The van der Waals surface area contributed by atoms with Crippen molar-refractivity contribution < 1.29 is 9.84 Å². The van der Waals surface area contributed by atoms with E-state index in [9.17, 15) is 0 Å². The topological polar surface area (TPSA) is 35.9 Å². The van der Waals surface area contributed by atoms with Crippen LogP contribution in [0.2, 0.25) is 0 Å². The number of rotatable bonds is 4. The lowest BCUT2D eigenvalue weighted by Crippen LogP contribution is -2.30. The summed E-state index contributed by atoms with van der Waals surface area (Å²) in [6.45, 7) is 5.98. The summed E-state index contributed by atoms with van der Waals surface area (Å²) < 4.78 is 6.03. The number of aliphatic hydroxyl groups is 1. The predicted molar refractivity (Wildman–Crippen MR) is 63.3 cm³/mol. The molecule has 0 bridgehead atoms. The number of hydrogen-bond acceptors (Lipinski definition) is 4. The molecule has 6 atom stereocenters. The summed E-state index contributed by atoms with van der Waals surface area (Å²) >= 11 is 0. The van der Waals surface area contributed by atoms with Gasteiger partial charge in [0.05, 0.1) is 12.8 Å². The standard InChI is InChI=1S/C13H22N2O2/c1-14-2-10-11(3-14)13(10)17-7-15-4-8-9(5-15)12(8)6-16/h8-13,16H,2-7H2,1H3/t8-,9+,10-,11+,12+,13+. The summed E-state index contributed by atoms with van der Waals surface area (Å²) in [5.41, 5.74) is 0. The molecule has 2 saturated heterocycles. The van der Waals surface area contributed by atoms with Gasteiger partial charge in [-0.25, -0.2) is 0 Å². The summed E-state index contributed by atoms with van der Waals surface area (Å²) in [4.78, 5) is 4.84. The predicted octanol–water partition coefficient (Wildman–Crippen LogP) is -0.309. The highest BCUT2D eigenvalue weighted by Gasteiger charge is 2.57. The molecule has 96 valence electrons. The second-order valence-corrected chi connectivity index (χ2v) is 6.52. The molecule has 0 aromatic rings. The van der Waals surface area contributed by atoms with Crippen LogP contribution in [0, 0.1) is 29.6 Å². The highest BCUT2D eigenvalue weighted by molar-refractivity contribution is 5.07. The van der Waals surface area contributed by atoms with Crippen molar-refractivity contribution >= 4 is 0 Å². The number of fused-ring (bicyclic) bond motifs is 2. The highest BCUT2D eigenvalue weighted by atomic mass is 16.5. The zero-order chi connectivity index (χ0) is 11.6. The number of likely N-dealkylation sites (tertiary alicyclic amines) is 2. The first-order valence-electron chi connectivity index (χ1n) is 6.91. The van der Waals surface area contributed by atoms with E-state index in [0.29, 0.717) is 18.6 Å². The second kappa shape index (κ2) is 3.67. The van der Waals surface area contributed by atoms with Crippen LogP contribution in [-0.4, -0.2) is 67.6 Å². The molecule has 0 aromatic carbocycles. The van der Waals surface area contributed by atoms with Crippen LogP contribution in [0.3, 0.4) is 0 Å². The lowest BCUT2D eigenvalue weighted by Gasteiger charge is -2.20. The molecular formula is C13H22N2O2. The van der Waals surface area contributed by atoms with Crippen molar-refractivity contribution in [1.82, 2.24) is 9.80 Å². The van der Waals surface area contributed by atoms with E-state index >= 15 is 0 Å². The molecule has 0 unspecified atom stereocenters. The third-order valence-electron chi connectivity index (χ3n) is 5.41. The van der Waals surface area contributed by atoms with E-state index in [4.69, 9.17) is 9.84 Å². The Labute approximate surface area is 103 Å². The van der Waals surface area contributed by atoms with Gasteiger partial charge in [-0.15, -0.1) is 0 Å². The molecule has 2 heterocycles. The number of ether oxygens (including phenoxy) is 1. The fraction of sp³-hybridized carbons (Fsp3) is 1.00. The third-order valence-corrected chi connectivity index (χ3v) is 5.41. The molecule has 0 spiro atoms. The monoisotopic (exact) mass is 238 g/mol. The largest absolute Gasteiger partial charge is 0.396 e. The Balaban J connectivity index is 1.19. The van der Waals surface area contributed by atoms with Crippen LogP contribution in [0.25, 0.3) is 0 Å². The lowest BCUT2D eigenvalue weighted by atomic mass is 10.3. The molecule has 2 aliphatic heterocycles. The second-order valence-electron chi connectivity index (χ2n) is 6.52. The SMILES string of the molecule is CN1C[C@@H]2[C@H](C1)[C@H]2OCN1C[C@@H]2[C@@H](CO)[C@@H]2C1. The first-order chi connectivity index (χ1) is 8.28. The molecule has 4 aliphatic rings. The lowest BCUT2D eigenvalue weighted by molar-refractivity contribution is 0.00333. The average Bonchev–Trinajstić information content (AvgIpc) is 2.99. The van der Waals surface area contributed by atoms with Gasteiger partial charge in [0.15, 0.2) is 0 Å². The van der Waals surface area contributed by atoms with Crippen molar-refractivity contribution in [2.24, 2.45) is 29.6 Å². The Kier molecular flexibility index (Phi) is 2.32. The van der Waals surface area contributed by atoms with Crippen molar-refractivity contribution in [2.75, 3.05) is 46.6 Å². The van der Waals surface area contributed by atoms with Crippen LogP contribution >= 0.6 is 0 Å². The Morgan fingerprint density at radius 2 is 1.71 bits per heavy atom. The Morgan fingerprint density at radius 1 is 1.06 bits per heavy atom. The first kappa shape index (κ1) is 10.7. The van der Waals surface area contributed by atoms with Gasteiger partial charge in [-0.3, -0.25) is 4.90 Å². The van der Waals surface area contributed by atoms with Gasteiger partial charge in [0, 0.05) is 44.6 Å². The Bertz CT molecular complexity index is 301. The maximum atomic E-state index is 9.11. The van der Waals surface area contributed by atoms with Gasteiger partial charge in [-0.05, 0) is 24.8 Å². The van der Waals surface area contributed by atoms with Gasteiger partial charge in [0.1, 0.15) is 0 Å². The molecule has 0 amide bonds. The molecule has 4 heteroatoms. The van der Waals surface area contributed by atoms with Gasteiger partial charge in [-0.2, -0.15) is 0 Å². The molecule has 2 saturated carbocycles. The molecule has 0 radical (unpaired) electrons. The van der Waals surface area contributed by atoms with E-state index in [0.717, 1.165) is 43.5 Å². The maximum Gasteiger partial charge on any atom is 0.0994 e. The normalized spacial score (nSPS) is 52.6.